The number of alkyl halides is 9. The first kappa shape index (κ1) is 18.2. The van der Waals surface area contributed by atoms with Crippen LogP contribution in [0.2, 0.25) is 0 Å². The molecule has 2 N–H and O–H groups in total. The van der Waals surface area contributed by atoms with E-state index in [9.17, 15) is 44.6 Å². The van der Waals surface area contributed by atoms with Crippen LogP contribution in [0, 0.1) is 0 Å². The van der Waals surface area contributed by atoms with Crippen LogP contribution >= 0.6 is 0 Å². The minimum absolute atomic E-state index is 0.106. The van der Waals surface area contributed by atoms with Gasteiger partial charge in [0.2, 0.25) is 0 Å². The smallest absolute Gasteiger partial charge is 0.417 e. The van der Waals surface area contributed by atoms with E-state index in [1.54, 1.807) is 0 Å². The molecule has 0 amide bonds. The van der Waals surface area contributed by atoms with Crippen molar-refractivity contribution in [2.45, 2.75) is 18.5 Å². The fourth-order valence-electron chi connectivity index (χ4n) is 2.75. The van der Waals surface area contributed by atoms with Gasteiger partial charge in [0, 0.05) is 16.3 Å². The van der Waals surface area contributed by atoms with Gasteiger partial charge in [0.25, 0.3) is 0 Å². The standard InChI is InChI=1S/C15H6F9NO/c16-13(17,18)5-1-2-8-6(3-5)10-11(15(22,23)24)7(14(19,20)21)4-9(26)12(10)25-8/h1-4,25-26H. The van der Waals surface area contributed by atoms with Crippen LogP contribution in [0.3, 0.4) is 0 Å². The van der Waals surface area contributed by atoms with Crippen LogP contribution in [0.5, 0.6) is 5.75 Å². The summed E-state index contributed by atoms with van der Waals surface area (Å²) in [5.41, 5.74) is -6.71. The quantitative estimate of drug-likeness (QED) is 0.451. The summed E-state index contributed by atoms with van der Waals surface area (Å²) in [5, 5.41) is 7.81. The topological polar surface area (TPSA) is 36.0 Å². The van der Waals surface area contributed by atoms with Crippen molar-refractivity contribution in [1.29, 1.82) is 0 Å². The molecule has 0 atom stereocenters. The van der Waals surface area contributed by atoms with Crippen molar-refractivity contribution < 1.29 is 44.6 Å². The summed E-state index contributed by atoms with van der Waals surface area (Å²) in [6.45, 7) is 0. The number of phenolic OH excluding ortho intramolecular Hbond substituents is 1. The maximum atomic E-state index is 13.4. The van der Waals surface area contributed by atoms with Crippen LogP contribution in [-0.2, 0) is 18.5 Å². The molecule has 0 spiro atoms. The zero-order valence-electron chi connectivity index (χ0n) is 12.2. The lowest BCUT2D eigenvalue weighted by Crippen LogP contribution is -2.17. The lowest BCUT2D eigenvalue weighted by molar-refractivity contribution is -0.161. The van der Waals surface area contributed by atoms with Gasteiger partial charge in [-0.15, -0.1) is 0 Å². The normalized spacial score (nSPS) is 13.7. The average molecular weight is 387 g/mol. The van der Waals surface area contributed by atoms with E-state index >= 15 is 0 Å². The third-order valence-electron chi connectivity index (χ3n) is 3.77. The number of halogens is 9. The van der Waals surface area contributed by atoms with Gasteiger partial charge in [-0.05, 0) is 24.3 Å². The Morgan fingerprint density at radius 3 is 1.88 bits per heavy atom. The number of aromatic amines is 1. The largest absolute Gasteiger partial charge is 0.506 e. The van der Waals surface area contributed by atoms with E-state index in [1.165, 1.54) is 0 Å². The average Bonchev–Trinajstić information content (AvgIpc) is 2.83. The number of hydrogen-bond donors (Lipinski definition) is 2. The summed E-state index contributed by atoms with van der Waals surface area (Å²) in [7, 11) is 0. The molecule has 2 nitrogen and oxygen atoms in total. The first-order valence-corrected chi connectivity index (χ1v) is 6.74. The summed E-state index contributed by atoms with van der Waals surface area (Å²) in [6.07, 6.45) is -15.9. The van der Waals surface area contributed by atoms with E-state index in [1.807, 2.05) is 0 Å². The van der Waals surface area contributed by atoms with E-state index in [4.69, 9.17) is 0 Å². The highest BCUT2D eigenvalue weighted by Crippen LogP contribution is 2.48. The first-order chi connectivity index (χ1) is 11.7. The van der Waals surface area contributed by atoms with Crippen molar-refractivity contribution in [2.24, 2.45) is 0 Å². The van der Waals surface area contributed by atoms with E-state index < -0.39 is 57.3 Å². The van der Waals surface area contributed by atoms with Gasteiger partial charge in [-0.25, -0.2) is 0 Å². The summed E-state index contributed by atoms with van der Waals surface area (Å²) < 4.78 is 118. The van der Waals surface area contributed by atoms with Crippen LogP contribution in [0.15, 0.2) is 24.3 Å². The molecule has 0 bridgehead atoms. The Hall–Kier alpha value is -2.59. The molecule has 1 aromatic heterocycles. The molecule has 0 saturated heterocycles. The van der Waals surface area contributed by atoms with Crippen molar-refractivity contribution >= 4 is 21.8 Å². The number of benzene rings is 2. The van der Waals surface area contributed by atoms with Gasteiger partial charge in [0.05, 0.1) is 22.2 Å². The summed E-state index contributed by atoms with van der Waals surface area (Å²) in [5.74, 6) is -1.16. The van der Waals surface area contributed by atoms with Crippen molar-refractivity contribution in [3.05, 3.63) is 41.0 Å². The Labute approximate surface area is 137 Å². The highest BCUT2D eigenvalue weighted by Gasteiger charge is 2.46. The van der Waals surface area contributed by atoms with Gasteiger partial charge in [0.15, 0.2) is 0 Å². The van der Waals surface area contributed by atoms with Crippen LogP contribution in [0.4, 0.5) is 39.5 Å². The highest BCUT2D eigenvalue weighted by atomic mass is 19.4. The number of aromatic nitrogens is 1. The highest BCUT2D eigenvalue weighted by molar-refractivity contribution is 6.11. The zero-order valence-corrected chi connectivity index (χ0v) is 12.2. The number of rotatable bonds is 0. The van der Waals surface area contributed by atoms with Crippen molar-refractivity contribution in [2.75, 3.05) is 0 Å². The molecule has 140 valence electrons. The van der Waals surface area contributed by atoms with Crippen molar-refractivity contribution in [3.63, 3.8) is 0 Å². The molecule has 1 heterocycles. The van der Waals surface area contributed by atoms with Gasteiger partial charge < -0.3 is 10.1 Å². The third-order valence-corrected chi connectivity index (χ3v) is 3.77. The molecule has 3 rings (SSSR count). The van der Waals surface area contributed by atoms with Gasteiger partial charge in [-0.1, -0.05) is 0 Å². The van der Waals surface area contributed by atoms with Crippen molar-refractivity contribution in [3.8, 4) is 5.75 Å². The lowest BCUT2D eigenvalue weighted by atomic mass is 9.98. The van der Waals surface area contributed by atoms with E-state index in [2.05, 4.69) is 4.98 Å². The van der Waals surface area contributed by atoms with Crippen LogP contribution in [0.25, 0.3) is 21.8 Å². The van der Waals surface area contributed by atoms with Gasteiger partial charge in [0.1, 0.15) is 5.75 Å². The molecular formula is C15H6F9NO. The summed E-state index contributed by atoms with van der Waals surface area (Å²) >= 11 is 0. The Morgan fingerprint density at radius 1 is 0.769 bits per heavy atom. The van der Waals surface area contributed by atoms with Crippen molar-refractivity contribution in [1.82, 2.24) is 4.98 Å². The van der Waals surface area contributed by atoms with Crippen LogP contribution in [0.1, 0.15) is 16.7 Å². The number of fused-ring (bicyclic) bond motifs is 3. The minimum Gasteiger partial charge on any atom is -0.506 e. The van der Waals surface area contributed by atoms with Gasteiger partial charge in [-0.2, -0.15) is 39.5 Å². The molecule has 2 aromatic carbocycles. The predicted octanol–water partition coefficient (Wildman–Crippen LogP) is 6.08. The molecule has 0 aliphatic carbocycles. The predicted molar refractivity (Wildman–Crippen MR) is 72.5 cm³/mol. The summed E-state index contributed by atoms with van der Waals surface area (Å²) in [4.78, 5) is 2.23. The molecule has 0 unspecified atom stereocenters. The Bertz CT molecular complexity index is 1010. The van der Waals surface area contributed by atoms with Gasteiger partial charge in [-0.3, -0.25) is 0 Å². The number of hydrogen-bond acceptors (Lipinski definition) is 1. The van der Waals surface area contributed by atoms with E-state index in [0.717, 1.165) is 6.07 Å². The van der Waals surface area contributed by atoms with E-state index in [0.29, 0.717) is 12.1 Å². The Balaban J connectivity index is 2.57. The Morgan fingerprint density at radius 2 is 1.38 bits per heavy atom. The monoisotopic (exact) mass is 387 g/mol. The maximum Gasteiger partial charge on any atom is 0.417 e. The fraction of sp³-hybridized carbons (Fsp3) is 0.200. The van der Waals surface area contributed by atoms with Gasteiger partial charge >= 0.3 is 18.5 Å². The minimum atomic E-state index is -5.53. The zero-order chi connectivity index (χ0) is 19.7. The molecule has 26 heavy (non-hydrogen) atoms. The molecule has 3 aromatic rings. The van der Waals surface area contributed by atoms with E-state index in [-0.39, 0.29) is 11.6 Å². The first-order valence-electron chi connectivity index (χ1n) is 6.74. The second-order valence-electron chi connectivity index (χ2n) is 5.45. The molecular weight excluding hydrogens is 381 g/mol. The molecule has 0 fully saturated rings. The molecule has 0 aliphatic rings. The van der Waals surface area contributed by atoms with Crippen LogP contribution in [-0.4, -0.2) is 10.1 Å². The molecule has 0 saturated carbocycles. The SMILES string of the molecule is Oc1cc(C(F)(F)F)c(C(F)(F)F)c2c1[nH]c1ccc(C(F)(F)F)cc12. The third kappa shape index (κ3) is 2.80. The second-order valence-corrected chi connectivity index (χ2v) is 5.45. The maximum absolute atomic E-state index is 13.4. The Kier molecular flexibility index (Phi) is 3.65. The molecule has 0 radical (unpaired) electrons. The van der Waals surface area contributed by atoms with Crippen LogP contribution < -0.4 is 0 Å². The number of nitrogens with one attached hydrogen (secondary N) is 1. The fourth-order valence-corrected chi connectivity index (χ4v) is 2.75. The summed E-state index contributed by atoms with van der Waals surface area (Å²) in [6, 6.07) is 1.55. The second kappa shape index (κ2) is 5.21. The molecule has 0 aliphatic heterocycles. The number of phenols is 1. The lowest BCUT2D eigenvalue weighted by Gasteiger charge is -2.17. The molecule has 11 heteroatoms. The number of aromatic hydroxyl groups is 1. The number of H-pyrrole nitrogens is 1.